The number of hydrogen-bond acceptors (Lipinski definition) is 6. The molecule has 0 spiro atoms. The Labute approximate surface area is 111 Å². The molecule has 0 aliphatic heterocycles. The molecule has 2 unspecified atom stereocenters. The van der Waals surface area contributed by atoms with Gasteiger partial charge in [0, 0.05) is 0 Å². The van der Waals surface area contributed by atoms with Crippen molar-refractivity contribution in [3.8, 4) is 0 Å². The third-order valence-corrected chi connectivity index (χ3v) is 2.25. The van der Waals surface area contributed by atoms with E-state index in [9.17, 15) is 9.90 Å². The van der Waals surface area contributed by atoms with Gasteiger partial charge in [-0.15, -0.1) is 0 Å². The van der Waals surface area contributed by atoms with Gasteiger partial charge in [-0.1, -0.05) is 18.2 Å². The summed E-state index contributed by atoms with van der Waals surface area (Å²) in [5.41, 5.74) is 0.409. The molecule has 0 aliphatic carbocycles. The van der Waals surface area contributed by atoms with Gasteiger partial charge in [-0.2, -0.15) is 0 Å². The van der Waals surface area contributed by atoms with Crippen LogP contribution in [0.1, 0.15) is 10.4 Å². The van der Waals surface area contributed by atoms with Crippen molar-refractivity contribution >= 4 is 5.97 Å². The maximum Gasteiger partial charge on any atom is 0.338 e. The number of aliphatic hydroxyl groups is 3. The molecule has 1 aromatic rings. The zero-order chi connectivity index (χ0) is 14.1. The molecule has 0 heterocycles. The molecule has 0 aliphatic rings. The number of ether oxygens (including phenoxy) is 2. The highest BCUT2D eigenvalue weighted by atomic mass is 16.5. The first kappa shape index (κ1) is 15.6. The molecule has 0 aromatic heterocycles. The van der Waals surface area contributed by atoms with Gasteiger partial charge in [-0.3, -0.25) is 0 Å². The second kappa shape index (κ2) is 8.60. The zero-order valence-corrected chi connectivity index (χ0v) is 10.4. The molecular formula is C13H18O6. The molecule has 0 amide bonds. The average molecular weight is 270 g/mol. The summed E-state index contributed by atoms with van der Waals surface area (Å²) in [6, 6.07) is 8.44. The van der Waals surface area contributed by atoms with Crippen molar-refractivity contribution in [1.82, 2.24) is 0 Å². The summed E-state index contributed by atoms with van der Waals surface area (Å²) >= 11 is 0. The second-order valence-corrected chi connectivity index (χ2v) is 3.99. The third kappa shape index (κ3) is 6.30. The Kier molecular flexibility index (Phi) is 7.06. The number of benzene rings is 1. The fourth-order valence-corrected chi connectivity index (χ4v) is 1.27. The van der Waals surface area contributed by atoms with Crippen molar-refractivity contribution in [2.24, 2.45) is 0 Å². The van der Waals surface area contributed by atoms with E-state index in [1.165, 1.54) is 0 Å². The van der Waals surface area contributed by atoms with Crippen molar-refractivity contribution in [1.29, 1.82) is 0 Å². The topological polar surface area (TPSA) is 96.2 Å². The molecule has 6 heteroatoms. The lowest BCUT2D eigenvalue weighted by molar-refractivity contribution is -0.0414. The SMILES string of the molecule is O=C(OCC(O)COCC(O)CO)c1ccccc1. The minimum Gasteiger partial charge on any atom is -0.459 e. The molecule has 0 fully saturated rings. The third-order valence-electron chi connectivity index (χ3n) is 2.25. The van der Waals surface area contributed by atoms with Crippen LogP contribution in [0.4, 0.5) is 0 Å². The van der Waals surface area contributed by atoms with E-state index in [4.69, 9.17) is 19.7 Å². The zero-order valence-electron chi connectivity index (χ0n) is 10.4. The standard InChI is InChI=1S/C13H18O6/c14-6-11(15)7-18-8-12(16)9-19-13(17)10-4-2-1-3-5-10/h1-5,11-12,14-16H,6-9H2. The molecule has 106 valence electrons. The normalized spacial score (nSPS) is 13.8. The lowest BCUT2D eigenvalue weighted by Gasteiger charge is -2.13. The van der Waals surface area contributed by atoms with E-state index in [1.807, 2.05) is 0 Å². The molecule has 0 saturated carbocycles. The molecule has 0 radical (unpaired) electrons. The Bertz CT molecular complexity index is 367. The van der Waals surface area contributed by atoms with Crippen LogP contribution in [-0.2, 0) is 9.47 Å². The highest BCUT2D eigenvalue weighted by molar-refractivity contribution is 5.89. The molecule has 0 bridgehead atoms. The highest BCUT2D eigenvalue weighted by Gasteiger charge is 2.11. The van der Waals surface area contributed by atoms with Crippen molar-refractivity contribution < 1.29 is 29.6 Å². The van der Waals surface area contributed by atoms with Gasteiger partial charge in [-0.25, -0.2) is 4.79 Å². The molecule has 1 rings (SSSR count). The van der Waals surface area contributed by atoms with Crippen LogP contribution in [-0.4, -0.2) is 59.9 Å². The van der Waals surface area contributed by atoms with Crippen LogP contribution in [0.25, 0.3) is 0 Å². The molecular weight excluding hydrogens is 252 g/mol. The summed E-state index contributed by atoms with van der Waals surface area (Å²) in [6.07, 6.45) is -1.95. The van der Waals surface area contributed by atoms with Crippen molar-refractivity contribution in [2.75, 3.05) is 26.4 Å². The Balaban J connectivity index is 2.19. The molecule has 6 nitrogen and oxygen atoms in total. The number of rotatable bonds is 8. The fourth-order valence-electron chi connectivity index (χ4n) is 1.27. The number of esters is 1. The van der Waals surface area contributed by atoms with Crippen molar-refractivity contribution in [3.63, 3.8) is 0 Å². The Morgan fingerprint density at radius 1 is 1.05 bits per heavy atom. The van der Waals surface area contributed by atoms with E-state index in [2.05, 4.69) is 0 Å². The molecule has 3 N–H and O–H groups in total. The predicted octanol–water partition coefficient (Wildman–Crippen LogP) is -0.426. The number of aliphatic hydroxyl groups excluding tert-OH is 3. The van der Waals surface area contributed by atoms with E-state index in [0.717, 1.165) is 0 Å². The fraction of sp³-hybridized carbons (Fsp3) is 0.462. The van der Waals surface area contributed by atoms with Gasteiger partial charge in [0.2, 0.25) is 0 Å². The Morgan fingerprint density at radius 2 is 1.68 bits per heavy atom. The van der Waals surface area contributed by atoms with Gasteiger partial charge in [0.25, 0.3) is 0 Å². The monoisotopic (exact) mass is 270 g/mol. The van der Waals surface area contributed by atoms with Gasteiger partial charge in [0.1, 0.15) is 18.8 Å². The van der Waals surface area contributed by atoms with Gasteiger partial charge in [-0.05, 0) is 12.1 Å². The van der Waals surface area contributed by atoms with Crippen LogP contribution < -0.4 is 0 Å². The summed E-state index contributed by atoms with van der Waals surface area (Å²) in [5, 5.41) is 27.0. The summed E-state index contributed by atoms with van der Waals surface area (Å²) in [5.74, 6) is -0.518. The van der Waals surface area contributed by atoms with Crippen LogP contribution in [0.5, 0.6) is 0 Å². The smallest absolute Gasteiger partial charge is 0.338 e. The summed E-state index contributed by atoms with van der Waals surface area (Å²) in [7, 11) is 0. The van der Waals surface area contributed by atoms with Crippen LogP contribution in [0, 0.1) is 0 Å². The predicted molar refractivity (Wildman–Crippen MR) is 66.6 cm³/mol. The quantitative estimate of drug-likeness (QED) is 0.555. The van der Waals surface area contributed by atoms with Gasteiger partial charge in [0.05, 0.1) is 25.4 Å². The maximum atomic E-state index is 11.5. The van der Waals surface area contributed by atoms with Crippen LogP contribution in [0.3, 0.4) is 0 Å². The van der Waals surface area contributed by atoms with E-state index >= 15 is 0 Å². The molecule has 19 heavy (non-hydrogen) atoms. The van der Waals surface area contributed by atoms with Crippen LogP contribution in [0.2, 0.25) is 0 Å². The Morgan fingerprint density at radius 3 is 2.32 bits per heavy atom. The van der Waals surface area contributed by atoms with Crippen molar-refractivity contribution in [2.45, 2.75) is 12.2 Å². The van der Waals surface area contributed by atoms with E-state index in [1.54, 1.807) is 30.3 Å². The first-order valence-corrected chi connectivity index (χ1v) is 5.90. The summed E-state index contributed by atoms with van der Waals surface area (Å²) < 4.78 is 9.83. The summed E-state index contributed by atoms with van der Waals surface area (Å²) in [6.45, 7) is -0.763. The van der Waals surface area contributed by atoms with Gasteiger partial charge >= 0.3 is 5.97 Å². The lowest BCUT2D eigenvalue weighted by atomic mass is 10.2. The maximum absolute atomic E-state index is 11.5. The van der Waals surface area contributed by atoms with E-state index in [0.29, 0.717) is 5.56 Å². The molecule has 0 saturated heterocycles. The Hall–Kier alpha value is -1.47. The second-order valence-electron chi connectivity index (χ2n) is 3.99. The minimum atomic E-state index is -0.974. The molecule has 1 aromatic carbocycles. The van der Waals surface area contributed by atoms with Crippen LogP contribution >= 0.6 is 0 Å². The average Bonchev–Trinajstić information content (AvgIpc) is 2.45. The highest BCUT2D eigenvalue weighted by Crippen LogP contribution is 2.01. The summed E-state index contributed by atoms with van der Waals surface area (Å²) in [4.78, 5) is 11.5. The molecule has 2 atom stereocenters. The lowest BCUT2D eigenvalue weighted by Crippen LogP contribution is -2.27. The van der Waals surface area contributed by atoms with E-state index < -0.39 is 24.8 Å². The largest absolute Gasteiger partial charge is 0.459 e. The van der Waals surface area contributed by atoms with Gasteiger partial charge in [0.15, 0.2) is 0 Å². The minimum absolute atomic E-state index is 0.0831. The number of carbonyl (C=O) groups excluding carboxylic acids is 1. The first-order chi connectivity index (χ1) is 9.13. The van der Waals surface area contributed by atoms with E-state index in [-0.39, 0.29) is 19.8 Å². The number of hydrogen-bond donors (Lipinski definition) is 3. The van der Waals surface area contributed by atoms with Crippen molar-refractivity contribution in [3.05, 3.63) is 35.9 Å². The first-order valence-electron chi connectivity index (χ1n) is 5.90. The van der Waals surface area contributed by atoms with Crippen LogP contribution in [0.15, 0.2) is 30.3 Å². The number of carbonyl (C=O) groups is 1. The van der Waals surface area contributed by atoms with Gasteiger partial charge < -0.3 is 24.8 Å².